The van der Waals surface area contributed by atoms with Crippen molar-refractivity contribution in [3.63, 3.8) is 0 Å². The molecule has 134 heavy (non-hydrogen) atoms. The maximum absolute atomic E-state index is 4.38. The van der Waals surface area contributed by atoms with Crippen LogP contribution in [0.1, 0.15) is 561 Å². The molecular weight excluding hydrogens is 1630 g/mol. The summed E-state index contributed by atoms with van der Waals surface area (Å²) in [7, 11) is 0. The van der Waals surface area contributed by atoms with Gasteiger partial charge in [-0.2, -0.15) is 5.10 Å². The normalized spacial score (nSPS) is 12.1. The molecule has 0 saturated heterocycles. The van der Waals surface area contributed by atoms with Gasteiger partial charge in [-0.15, -0.1) is 51.6 Å². The summed E-state index contributed by atoms with van der Waals surface area (Å²) in [5.41, 5.74) is 7.89. The lowest BCUT2D eigenvalue weighted by atomic mass is 9.89. The smallest absolute Gasteiger partial charge is 0.103 e. The van der Waals surface area contributed by atoms with Crippen molar-refractivity contribution < 1.29 is 0 Å². The van der Waals surface area contributed by atoms with E-state index in [4.69, 9.17) is 0 Å². The molecule has 0 aromatic carbocycles. The van der Waals surface area contributed by atoms with Gasteiger partial charge in [0.2, 0.25) is 0 Å². The molecule has 0 aliphatic carbocycles. The van der Waals surface area contributed by atoms with Crippen LogP contribution in [0.25, 0.3) is 0 Å². The maximum atomic E-state index is 4.38. The molecule has 0 unspecified atom stereocenters. The van der Waals surface area contributed by atoms with Crippen molar-refractivity contribution in [3.8, 4) is 94.7 Å². The monoisotopic (exact) mass is 1850 g/mol. The Labute approximate surface area is 840 Å². The molecule has 0 amide bonds. The van der Waals surface area contributed by atoms with E-state index in [2.05, 4.69) is 465 Å². The predicted molar refractivity (Wildman–Crippen MR) is 599 cm³/mol. The fourth-order valence-electron chi connectivity index (χ4n) is 12.6. The first-order valence-corrected chi connectivity index (χ1v) is 53.3. The summed E-state index contributed by atoms with van der Waals surface area (Å²) in [6.45, 7) is 109. The molecule has 3 aromatic rings. The molecular formula is C126H226N8. The summed E-state index contributed by atoms with van der Waals surface area (Å²) < 4.78 is 5.73. The molecule has 3 aromatic heterocycles. The van der Waals surface area contributed by atoms with Crippen LogP contribution in [-0.2, 0) is 38.9 Å². The predicted octanol–water partition coefficient (Wildman–Crippen LogP) is 37.6. The highest BCUT2D eigenvalue weighted by Gasteiger charge is 2.19. The van der Waals surface area contributed by atoms with E-state index in [-0.39, 0.29) is 54.1 Å². The molecule has 0 radical (unpaired) electrons. The van der Waals surface area contributed by atoms with Crippen LogP contribution in [0.2, 0.25) is 0 Å². The van der Waals surface area contributed by atoms with Gasteiger partial charge < -0.3 is 0 Å². The fourth-order valence-corrected chi connectivity index (χ4v) is 12.6. The number of aryl methyl sites for hydroxylation is 2. The molecule has 0 bridgehead atoms. The molecule has 0 aliphatic rings. The van der Waals surface area contributed by atoms with Gasteiger partial charge in [0.05, 0.1) is 24.1 Å². The van der Waals surface area contributed by atoms with Gasteiger partial charge in [0.1, 0.15) is 6.54 Å². The molecule has 0 atom stereocenters. The summed E-state index contributed by atoms with van der Waals surface area (Å²) in [6.07, 6.45) is 52.9. The third-order valence-corrected chi connectivity index (χ3v) is 19.0. The lowest BCUT2D eigenvalue weighted by Crippen LogP contribution is -2.09. The largest absolute Gasteiger partial charge is 0.272 e. The topological polar surface area (TPSA) is 79.2 Å². The Morgan fingerprint density at radius 3 is 0.687 bits per heavy atom. The number of unbranched alkanes of at least 4 members (excludes halogenated alkanes) is 21. The molecule has 0 spiro atoms. The van der Waals surface area contributed by atoms with Crippen molar-refractivity contribution in [2.75, 3.05) is 0 Å². The van der Waals surface area contributed by atoms with Gasteiger partial charge in [0.15, 0.2) is 0 Å². The van der Waals surface area contributed by atoms with Crippen LogP contribution in [-0.4, -0.2) is 39.8 Å². The highest BCUT2D eigenvalue weighted by molar-refractivity contribution is 5.13. The van der Waals surface area contributed by atoms with Crippen molar-refractivity contribution in [3.05, 3.63) is 41.7 Å². The van der Waals surface area contributed by atoms with Crippen molar-refractivity contribution >= 4 is 0 Å². The Morgan fingerprint density at radius 2 is 0.418 bits per heavy atom. The molecule has 3 heterocycles. The molecule has 8 heteroatoms. The van der Waals surface area contributed by atoms with Crippen molar-refractivity contribution in [1.29, 1.82) is 0 Å². The van der Waals surface area contributed by atoms with Crippen LogP contribution in [0.5, 0.6) is 0 Å². The highest BCUT2D eigenvalue weighted by atomic mass is 15.4. The van der Waals surface area contributed by atoms with E-state index < -0.39 is 0 Å². The summed E-state index contributed by atoms with van der Waals surface area (Å²) in [5, 5.41) is 21.0. The van der Waals surface area contributed by atoms with Crippen LogP contribution in [0.4, 0.5) is 0 Å². The van der Waals surface area contributed by atoms with Crippen LogP contribution in [0, 0.1) is 181 Å². The van der Waals surface area contributed by atoms with E-state index >= 15 is 0 Å². The lowest BCUT2D eigenvalue weighted by molar-refractivity contribution is 0.356. The first-order chi connectivity index (χ1) is 60.5. The Bertz CT molecular complexity index is 3990. The zero-order chi connectivity index (χ0) is 105. The third kappa shape index (κ3) is 126. The first kappa shape index (κ1) is 136. The average molecular weight is 1850 g/mol. The number of hydrogen-bond acceptors (Lipinski definition) is 5. The lowest BCUT2D eigenvalue weighted by Gasteiger charge is -2.17. The zero-order valence-corrected chi connectivity index (χ0v) is 99.0. The summed E-state index contributed by atoms with van der Waals surface area (Å²) in [5.74, 6) is 52.1. The van der Waals surface area contributed by atoms with Crippen LogP contribution in [0.3, 0.4) is 0 Å². The zero-order valence-electron chi connectivity index (χ0n) is 99.0. The second-order valence-corrected chi connectivity index (χ2v) is 56.3. The standard InChI is InChI=1S/C18H34.C17H32.C16H27N3.C16H26N2.C16H30.C15H28.C14H23N3.C14H26/c1-17(2,3)15-13-11-9-7-8-10-12-14-16-18(4,5)6;1-16(2,3)14-12-10-8-7-9-11-13-15-17(4,5)6;1-15(2,3)10-8-7-9-11-19-13-14(17-18-19)12-16(4,5)6;1-15(2,3)9-7-8-10-18-13-14(12-17-18)11-16(4,5)6;1-15(2,3)13-11-9-7-8-10-12-14-16(4,5)6;1-14(2,3)12-10-8-7-9-11-13-15(4,5)6;1-13(2,3)8-7-9-17-11-12(15-16-17)10-14(4,5)6;1-13(2,3)11-9-7-8-10-12-14(4,5)6/h7-13,15H2,1-6H3;7-12,14H2,1-6H3;13H,7,9,11-12H2,1-6H3;12-13H,8,10-11H2,1-6H3;7-11,13H2,1-6H3;7-10,12H2,1-6H3;11H,9-10H2,1-6H3;7-9,11H2,1-6H3. The Kier molecular flexibility index (Phi) is 69.4. The van der Waals surface area contributed by atoms with Crippen LogP contribution >= 0.6 is 0 Å². The van der Waals surface area contributed by atoms with Crippen molar-refractivity contribution in [1.82, 2.24) is 39.8 Å². The summed E-state index contributed by atoms with van der Waals surface area (Å²) in [6, 6.07) is 0. The Balaban J connectivity index is -0.000000474. The van der Waals surface area contributed by atoms with E-state index in [0.29, 0.717) is 39.0 Å². The molecule has 0 aliphatic heterocycles. The van der Waals surface area contributed by atoms with Gasteiger partial charge in [-0.05, 0) is 305 Å². The van der Waals surface area contributed by atoms with E-state index in [9.17, 15) is 0 Å². The molecule has 3 rings (SSSR count). The van der Waals surface area contributed by atoms with Gasteiger partial charge in [0.25, 0.3) is 0 Å². The maximum Gasteiger partial charge on any atom is 0.103 e. The first-order valence-electron chi connectivity index (χ1n) is 53.3. The van der Waals surface area contributed by atoms with E-state index in [0.717, 1.165) is 95.1 Å². The van der Waals surface area contributed by atoms with Crippen molar-refractivity contribution in [2.24, 2.45) is 86.6 Å². The minimum atomic E-state index is 0.0504. The Hall–Kier alpha value is -6.03. The molecule has 0 N–H and O–H groups in total. The van der Waals surface area contributed by atoms with Gasteiger partial charge >= 0.3 is 0 Å². The summed E-state index contributed by atoms with van der Waals surface area (Å²) in [4.78, 5) is 0. The van der Waals surface area contributed by atoms with Crippen LogP contribution in [0.15, 0.2) is 24.8 Å². The third-order valence-electron chi connectivity index (χ3n) is 19.0. The van der Waals surface area contributed by atoms with Gasteiger partial charge in [0, 0.05) is 113 Å². The Morgan fingerprint density at radius 1 is 0.201 bits per heavy atom. The number of nitrogens with zero attached hydrogens (tertiary/aromatic N) is 8. The number of hydrogen-bond donors (Lipinski definition) is 0. The SMILES string of the molecule is CC(C)(C)C#CCCCCC(C)(C)C.CC(C)(C)C#CCCCCCC(C)(C)C.CC(C)(C)C#CCCCCCCC(C)(C)C.CC(C)(C)C#CCCCCCCCC(C)(C)C.CC(C)(C)C#CCCCCCCCCC(C)(C)C.CC(C)(C)C#CCCCn1cc(CC(C)(C)C)nn1.CC(C)(C)C#CCCn1cc(CC(C)(C)C)cn1.CC(C)(C)C#CCn1cc(CC(C)(C)C)nn1. The van der Waals surface area contributed by atoms with E-state index in [1.165, 1.54) is 166 Å². The van der Waals surface area contributed by atoms with Crippen molar-refractivity contribution in [2.45, 2.75) is 583 Å². The quantitative estimate of drug-likeness (QED) is 0.0440. The van der Waals surface area contributed by atoms with Gasteiger partial charge in [-0.25, -0.2) is 4.68 Å². The number of aromatic nitrogens is 8. The second-order valence-electron chi connectivity index (χ2n) is 56.3. The summed E-state index contributed by atoms with van der Waals surface area (Å²) >= 11 is 0. The van der Waals surface area contributed by atoms with Gasteiger partial charge in [-0.3, -0.25) is 9.36 Å². The van der Waals surface area contributed by atoms with E-state index in [1.54, 1.807) is 4.68 Å². The average Bonchev–Trinajstić information content (AvgIpc) is 1.76. The second kappa shape index (κ2) is 68.1. The van der Waals surface area contributed by atoms with Crippen LogP contribution < -0.4 is 0 Å². The van der Waals surface area contributed by atoms with Gasteiger partial charge in [-0.1, -0.05) is 326 Å². The molecule has 0 saturated carbocycles. The minimum Gasteiger partial charge on any atom is -0.272 e. The minimum absolute atomic E-state index is 0.0504. The fraction of sp³-hybridized carbons (Fsp3) is 0.817. The number of rotatable bonds is 34. The highest BCUT2D eigenvalue weighted by Crippen LogP contribution is 2.29. The molecule has 770 valence electrons. The molecule has 8 nitrogen and oxygen atoms in total. The van der Waals surface area contributed by atoms with E-state index in [1.807, 2.05) is 21.8 Å². The molecule has 0 fully saturated rings.